The largest absolute Gasteiger partial charge is 0.497 e. The van der Waals surface area contributed by atoms with Crippen LogP contribution in [0.4, 0.5) is 5.69 Å². The second-order valence-corrected chi connectivity index (χ2v) is 5.74. The number of benzene rings is 1. The van der Waals surface area contributed by atoms with Crippen molar-refractivity contribution in [3.05, 3.63) is 23.8 Å². The first-order valence-corrected chi connectivity index (χ1v) is 7.20. The summed E-state index contributed by atoms with van der Waals surface area (Å²) in [5, 5.41) is 0. The highest BCUT2D eigenvalue weighted by atomic mass is 32.1. The van der Waals surface area contributed by atoms with E-state index in [0.29, 0.717) is 16.9 Å². The number of methoxy groups -OCH3 is 1. The number of hydrogen-bond donors (Lipinski definition) is 1. The number of nitrogens with zero attached hydrogens (tertiary/aromatic N) is 1. The van der Waals surface area contributed by atoms with E-state index in [4.69, 9.17) is 22.7 Å². The molecule has 0 saturated carbocycles. The van der Waals surface area contributed by atoms with Crippen LogP contribution in [0.5, 0.6) is 5.75 Å². The smallest absolute Gasteiger partial charge is 0.120 e. The van der Waals surface area contributed by atoms with Gasteiger partial charge in [0.1, 0.15) is 10.7 Å². The summed E-state index contributed by atoms with van der Waals surface area (Å²) in [6, 6.07) is 6.41. The van der Waals surface area contributed by atoms with Crippen molar-refractivity contribution in [3.8, 4) is 5.75 Å². The topological polar surface area (TPSA) is 38.5 Å². The van der Waals surface area contributed by atoms with Crippen LogP contribution in [-0.2, 0) is 0 Å². The minimum Gasteiger partial charge on any atom is -0.497 e. The fraction of sp³-hybridized carbons (Fsp3) is 0.533. The van der Waals surface area contributed by atoms with Gasteiger partial charge in [-0.3, -0.25) is 0 Å². The molecule has 0 aliphatic carbocycles. The molecule has 1 fully saturated rings. The van der Waals surface area contributed by atoms with E-state index in [9.17, 15) is 0 Å². The quantitative estimate of drug-likeness (QED) is 0.863. The lowest BCUT2D eigenvalue weighted by molar-refractivity contribution is 0.362. The van der Waals surface area contributed by atoms with E-state index in [-0.39, 0.29) is 0 Å². The molecule has 104 valence electrons. The Labute approximate surface area is 120 Å². The van der Waals surface area contributed by atoms with E-state index in [2.05, 4.69) is 18.7 Å². The zero-order valence-electron chi connectivity index (χ0n) is 11.8. The van der Waals surface area contributed by atoms with Gasteiger partial charge in [-0.05, 0) is 37.8 Å². The van der Waals surface area contributed by atoms with E-state index < -0.39 is 0 Å². The Hall–Kier alpha value is -1.29. The molecule has 2 unspecified atom stereocenters. The molecule has 0 aromatic heterocycles. The van der Waals surface area contributed by atoms with Gasteiger partial charge in [0.25, 0.3) is 0 Å². The summed E-state index contributed by atoms with van der Waals surface area (Å²) in [6.07, 6.45) is 2.49. The predicted octanol–water partition coefficient (Wildman–Crippen LogP) is 2.95. The molecular formula is C15H22N2OS. The van der Waals surface area contributed by atoms with Gasteiger partial charge in [0.2, 0.25) is 0 Å². The Morgan fingerprint density at radius 3 is 2.79 bits per heavy atom. The molecule has 4 heteroatoms. The number of thiocarbonyl (C=S) groups is 1. The summed E-state index contributed by atoms with van der Waals surface area (Å²) in [5.41, 5.74) is 7.90. The van der Waals surface area contributed by atoms with Crippen LogP contribution in [-0.4, -0.2) is 24.7 Å². The average Bonchev–Trinajstić information content (AvgIpc) is 2.41. The van der Waals surface area contributed by atoms with E-state index >= 15 is 0 Å². The van der Waals surface area contributed by atoms with Crippen molar-refractivity contribution in [3.63, 3.8) is 0 Å². The van der Waals surface area contributed by atoms with Gasteiger partial charge in [-0.1, -0.05) is 19.1 Å². The summed E-state index contributed by atoms with van der Waals surface area (Å²) in [7, 11) is 1.68. The normalized spacial score (nSPS) is 23.2. The number of ether oxygens (including phenoxy) is 1. The van der Waals surface area contributed by atoms with E-state index in [1.165, 1.54) is 12.8 Å². The standard InChI is InChI=1S/C15H22N2OS/c1-10-5-4-8-17(11(10)2)14-9-12(18-3)6-7-13(14)15(16)19/h6-7,9-11H,4-5,8H2,1-3H3,(H2,16,19). The number of hydrogen-bond acceptors (Lipinski definition) is 3. The van der Waals surface area contributed by atoms with Gasteiger partial charge in [0.15, 0.2) is 0 Å². The first-order chi connectivity index (χ1) is 9.04. The molecule has 1 aliphatic heterocycles. The molecule has 0 radical (unpaired) electrons. The lowest BCUT2D eigenvalue weighted by atomic mass is 9.91. The maximum Gasteiger partial charge on any atom is 0.120 e. The van der Waals surface area contributed by atoms with Gasteiger partial charge in [-0.2, -0.15) is 0 Å². The number of anilines is 1. The average molecular weight is 278 g/mol. The SMILES string of the molecule is COc1ccc(C(N)=S)c(N2CCCC(C)C2C)c1. The first kappa shape index (κ1) is 14.1. The Kier molecular flexibility index (Phi) is 4.30. The molecule has 1 heterocycles. The van der Waals surface area contributed by atoms with E-state index in [1.54, 1.807) is 7.11 Å². The Balaban J connectivity index is 2.43. The molecule has 3 nitrogen and oxygen atoms in total. The number of nitrogens with two attached hydrogens (primary N) is 1. The lowest BCUT2D eigenvalue weighted by Crippen LogP contribution is -2.43. The predicted molar refractivity (Wildman–Crippen MR) is 84.1 cm³/mol. The van der Waals surface area contributed by atoms with Crippen molar-refractivity contribution >= 4 is 22.9 Å². The third-order valence-electron chi connectivity index (χ3n) is 4.15. The molecule has 0 spiro atoms. The Morgan fingerprint density at radius 1 is 1.42 bits per heavy atom. The second kappa shape index (κ2) is 5.78. The number of piperidine rings is 1. The molecule has 0 bridgehead atoms. The van der Waals surface area contributed by atoms with Crippen molar-refractivity contribution in [2.45, 2.75) is 32.7 Å². The molecule has 2 atom stereocenters. The monoisotopic (exact) mass is 278 g/mol. The van der Waals surface area contributed by atoms with Gasteiger partial charge < -0.3 is 15.4 Å². The molecular weight excluding hydrogens is 256 g/mol. The summed E-state index contributed by atoms with van der Waals surface area (Å²) >= 11 is 5.18. The molecule has 2 rings (SSSR count). The maximum atomic E-state index is 5.86. The van der Waals surface area contributed by atoms with Crippen molar-refractivity contribution in [2.24, 2.45) is 11.7 Å². The first-order valence-electron chi connectivity index (χ1n) is 6.79. The van der Waals surface area contributed by atoms with Crippen LogP contribution in [0.25, 0.3) is 0 Å². The number of rotatable bonds is 3. The molecule has 1 aliphatic rings. The zero-order valence-corrected chi connectivity index (χ0v) is 12.7. The van der Waals surface area contributed by atoms with Crippen molar-refractivity contribution in [1.82, 2.24) is 0 Å². The van der Waals surface area contributed by atoms with Gasteiger partial charge in [-0.25, -0.2) is 0 Å². The minimum atomic E-state index is 0.447. The van der Waals surface area contributed by atoms with Crippen LogP contribution in [0.1, 0.15) is 32.3 Å². The van der Waals surface area contributed by atoms with Crippen LogP contribution in [0.3, 0.4) is 0 Å². The Bertz CT molecular complexity index is 475. The van der Waals surface area contributed by atoms with Gasteiger partial charge in [0, 0.05) is 24.2 Å². The summed E-state index contributed by atoms with van der Waals surface area (Å²) in [6.45, 7) is 5.62. The maximum absolute atomic E-state index is 5.86. The fourth-order valence-electron chi connectivity index (χ4n) is 2.76. The van der Waals surface area contributed by atoms with E-state index in [1.807, 2.05) is 18.2 Å². The van der Waals surface area contributed by atoms with E-state index in [0.717, 1.165) is 23.5 Å². The van der Waals surface area contributed by atoms with Crippen LogP contribution in [0.2, 0.25) is 0 Å². The summed E-state index contributed by atoms with van der Waals surface area (Å²) in [5.74, 6) is 1.53. The molecule has 1 aromatic carbocycles. The molecule has 19 heavy (non-hydrogen) atoms. The van der Waals surface area contributed by atoms with Gasteiger partial charge in [0.05, 0.1) is 12.8 Å². The third kappa shape index (κ3) is 2.84. The summed E-state index contributed by atoms with van der Waals surface area (Å²) < 4.78 is 5.33. The molecule has 1 aromatic rings. The fourth-order valence-corrected chi connectivity index (χ4v) is 2.93. The molecule has 0 amide bonds. The van der Waals surface area contributed by atoms with Crippen molar-refractivity contribution in [1.29, 1.82) is 0 Å². The molecule has 2 N–H and O–H groups in total. The third-order valence-corrected chi connectivity index (χ3v) is 4.37. The second-order valence-electron chi connectivity index (χ2n) is 5.30. The lowest BCUT2D eigenvalue weighted by Gasteiger charge is -2.40. The highest BCUT2D eigenvalue weighted by Crippen LogP contribution is 2.33. The van der Waals surface area contributed by atoms with Crippen LogP contribution >= 0.6 is 12.2 Å². The highest BCUT2D eigenvalue weighted by molar-refractivity contribution is 7.80. The molecule has 1 saturated heterocycles. The Morgan fingerprint density at radius 2 is 2.16 bits per heavy atom. The summed E-state index contributed by atoms with van der Waals surface area (Å²) in [4.78, 5) is 2.86. The van der Waals surface area contributed by atoms with Crippen LogP contribution < -0.4 is 15.4 Å². The highest BCUT2D eigenvalue weighted by Gasteiger charge is 2.27. The zero-order chi connectivity index (χ0) is 14.0. The van der Waals surface area contributed by atoms with Crippen molar-refractivity contribution < 1.29 is 4.74 Å². The van der Waals surface area contributed by atoms with Crippen LogP contribution in [0, 0.1) is 5.92 Å². The van der Waals surface area contributed by atoms with Crippen molar-refractivity contribution in [2.75, 3.05) is 18.6 Å². The van der Waals surface area contributed by atoms with Gasteiger partial charge >= 0.3 is 0 Å². The minimum absolute atomic E-state index is 0.447. The van der Waals surface area contributed by atoms with Crippen LogP contribution in [0.15, 0.2) is 18.2 Å². The van der Waals surface area contributed by atoms with Gasteiger partial charge in [-0.15, -0.1) is 0 Å².